The maximum absolute atomic E-state index is 4.89. The fourth-order valence-corrected chi connectivity index (χ4v) is 3.12. The Bertz CT molecular complexity index is 971. The van der Waals surface area contributed by atoms with Crippen LogP contribution < -0.4 is 10.6 Å². The lowest BCUT2D eigenvalue weighted by atomic mass is 10.1. The highest BCUT2D eigenvalue weighted by Gasteiger charge is 2.13. The molecular weight excluding hydrogens is 284 g/mol. The lowest BCUT2D eigenvalue weighted by Crippen LogP contribution is -2.13. The van der Waals surface area contributed by atoms with Crippen LogP contribution in [0.5, 0.6) is 0 Å². The van der Waals surface area contributed by atoms with Gasteiger partial charge in [-0.2, -0.15) is 0 Å². The summed E-state index contributed by atoms with van der Waals surface area (Å²) in [6.45, 7) is 1.94. The predicted octanol–water partition coefficient (Wildman–Crippen LogP) is 3.89. The van der Waals surface area contributed by atoms with Gasteiger partial charge < -0.3 is 15.6 Å². The summed E-state index contributed by atoms with van der Waals surface area (Å²) in [5, 5.41) is 9.14. The summed E-state index contributed by atoms with van der Waals surface area (Å²) in [4.78, 5) is 8.43. The van der Waals surface area contributed by atoms with Gasteiger partial charge in [0.1, 0.15) is 0 Å². The molecule has 0 atom stereocenters. The minimum Gasteiger partial charge on any atom is -0.383 e. The van der Waals surface area contributed by atoms with Gasteiger partial charge in [0, 0.05) is 22.8 Å². The van der Waals surface area contributed by atoms with Gasteiger partial charge in [-0.05, 0) is 32.1 Å². The van der Waals surface area contributed by atoms with Gasteiger partial charge in [-0.15, -0.1) is 0 Å². The van der Waals surface area contributed by atoms with Crippen molar-refractivity contribution in [2.75, 3.05) is 25.5 Å². The number of nitrogens with one attached hydrogen (secondary N) is 3. The molecule has 4 rings (SSSR count). The minimum atomic E-state index is 0.930. The quantitative estimate of drug-likeness (QED) is 0.490. The van der Waals surface area contributed by atoms with E-state index in [9.17, 15) is 0 Å². The first-order chi connectivity index (χ1) is 11.4. The number of hydrogen-bond donors (Lipinski definition) is 3. The molecule has 0 aliphatic rings. The molecule has 23 heavy (non-hydrogen) atoms. The van der Waals surface area contributed by atoms with Crippen LogP contribution in [-0.2, 0) is 0 Å². The highest BCUT2D eigenvalue weighted by atomic mass is 14.9. The summed E-state index contributed by atoms with van der Waals surface area (Å²) in [7, 11) is 1.98. The van der Waals surface area contributed by atoms with E-state index in [2.05, 4.69) is 58.1 Å². The highest BCUT2D eigenvalue weighted by Crippen LogP contribution is 2.34. The first-order valence-corrected chi connectivity index (χ1v) is 8.06. The molecule has 4 heteroatoms. The van der Waals surface area contributed by atoms with E-state index in [4.69, 9.17) is 4.98 Å². The number of H-pyrrole nitrogens is 1. The normalized spacial score (nSPS) is 11.5. The molecule has 0 unspecified atom stereocenters. The first kappa shape index (κ1) is 14.0. The number of fused-ring (bicyclic) bond motifs is 4. The number of rotatable bonds is 5. The summed E-state index contributed by atoms with van der Waals surface area (Å²) >= 11 is 0. The van der Waals surface area contributed by atoms with E-state index in [1.54, 1.807) is 0 Å². The second kappa shape index (κ2) is 5.89. The third-order valence-electron chi connectivity index (χ3n) is 4.24. The van der Waals surface area contributed by atoms with Crippen molar-refractivity contribution in [3.05, 3.63) is 48.5 Å². The van der Waals surface area contributed by atoms with Crippen molar-refractivity contribution >= 4 is 38.5 Å². The Kier molecular flexibility index (Phi) is 3.60. The topological polar surface area (TPSA) is 52.7 Å². The third-order valence-corrected chi connectivity index (χ3v) is 4.24. The fourth-order valence-electron chi connectivity index (χ4n) is 3.12. The minimum absolute atomic E-state index is 0.930. The van der Waals surface area contributed by atoms with E-state index in [0.717, 1.165) is 52.7 Å². The van der Waals surface area contributed by atoms with Crippen LogP contribution in [0.25, 0.3) is 32.8 Å². The number of para-hydroxylation sites is 2. The molecule has 4 aromatic rings. The molecule has 0 saturated carbocycles. The number of nitrogens with zero attached hydrogens (tertiary/aromatic N) is 1. The smallest absolute Gasteiger partial charge is 0.0986 e. The van der Waals surface area contributed by atoms with Crippen LogP contribution in [0.15, 0.2) is 48.5 Å². The second-order valence-corrected chi connectivity index (χ2v) is 5.78. The van der Waals surface area contributed by atoms with E-state index in [1.165, 1.54) is 5.39 Å². The molecule has 0 saturated heterocycles. The Hall–Kier alpha value is -2.59. The van der Waals surface area contributed by atoms with Gasteiger partial charge in [0.15, 0.2) is 0 Å². The van der Waals surface area contributed by atoms with Crippen molar-refractivity contribution in [1.29, 1.82) is 0 Å². The number of pyridine rings is 1. The maximum atomic E-state index is 4.89. The Labute approximate surface area is 134 Å². The number of aromatic amines is 1. The Morgan fingerprint density at radius 1 is 0.957 bits per heavy atom. The van der Waals surface area contributed by atoms with Crippen LogP contribution in [-0.4, -0.2) is 30.1 Å². The van der Waals surface area contributed by atoms with Crippen molar-refractivity contribution in [1.82, 2.24) is 15.3 Å². The number of anilines is 1. The molecule has 2 aromatic heterocycles. The summed E-state index contributed by atoms with van der Waals surface area (Å²) in [5.41, 5.74) is 5.44. The van der Waals surface area contributed by atoms with E-state index in [0.29, 0.717) is 0 Å². The van der Waals surface area contributed by atoms with Crippen LogP contribution in [0.2, 0.25) is 0 Å². The molecule has 0 aliphatic carbocycles. The monoisotopic (exact) mass is 304 g/mol. The predicted molar refractivity (Wildman–Crippen MR) is 98.1 cm³/mol. The molecule has 0 fully saturated rings. The Morgan fingerprint density at radius 2 is 1.74 bits per heavy atom. The summed E-state index contributed by atoms with van der Waals surface area (Å²) < 4.78 is 0. The van der Waals surface area contributed by atoms with Gasteiger partial charge in [0.2, 0.25) is 0 Å². The van der Waals surface area contributed by atoms with Gasteiger partial charge in [-0.25, -0.2) is 4.98 Å². The lowest BCUT2D eigenvalue weighted by Gasteiger charge is -2.11. The van der Waals surface area contributed by atoms with Crippen LogP contribution in [0.3, 0.4) is 0 Å². The summed E-state index contributed by atoms with van der Waals surface area (Å²) in [5.74, 6) is 0. The van der Waals surface area contributed by atoms with Crippen molar-refractivity contribution in [3.8, 4) is 0 Å². The van der Waals surface area contributed by atoms with E-state index < -0.39 is 0 Å². The molecule has 116 valence electrons. The highest BCUT2D eigenvalue weighted by molar-refractivity contribution is 6.15. The average molecular weight is 304 g/mol. The van der Waals surface area contributed by atoms with Crippen LogP contribution in [0.4, 0.5) is 5.69 Å². The average Bonchev–Trinajstić information content (AvgIpc) is 2.96. The van der Waals surface area contributed by atoms with Gasteiger partial charge in [-0.1, -0.05) is 36.4 Å². The molecule has 0 amide bonds. The molecule has 4 nitrogen and oxygen atoms in total. The Morgan fingerprint density at radius 3 is 2.61 bits per heavy atom. The van der Waals surface area contributed by atoms with Crippen molar-refractivity contribution in [3.63, 3.8) is 0 Å². The van der Waals surface area contributed by atoms with Crippen LogP contribution in [0, 0.1) is 0 Å². The first-order valence-electron chi connectivity index (χ1n) is 8.06. The zero-order valence-corrected chi connectivity index (χ0v) is 13.2. The van der Waals surface area contributed by atoms with Gasteiger partial charge in [0.05, 0.1) is 22.2 Å². The van der Waals surface area contributed by atoms with Crippen LogP contribution >= 0.6 is 0 Å². The molecule has 2 aromatic carbocycles. The second-order valence-electron chi connectivity index (χ2n) is 5.78. The molecule has 0 aliphatic heterocycles. The van der Waals surface area contributed by atoms with E-state index in [1.807, 2.05) is 13.1 Å². The van der Waals surface area contributed by atoms with Crippen molar-refractivity contribution in [2.24, 2.45) is 0 Å². The number of aromatic nitrogens is 2. The van der Waals surface area contributed by atoms with Gasteiger partial charge in [0.25, 0.3) is 0 Å². The third kappa shape index (κ3) is 2.41. The zero-order valence-electron chi connectivity index (χ0n) is 13.2. The largest absolute Gasteiger partial charge is 0.383 e. The van der Waals surface area contributed by atoms with Crippen LogP contribution in [0.1, 0.15) is 6.42 Å². The standard InChI is InChI=1S/C19H20N4/c1-20-11-6-12-21-17-13-7-2-4-9-15(13)22-18-14-8-3-5-10-16(14)23-19(17)18/h2-5,7-10,20,23H,6,11-12H2,1H3,(H,21,22). The molecule has 3 N–H and O–H groups in total. The molecule has 0 bridgehead atoms. The van der Waals surface area contributed by atoms with E-state index in [-0.39, 0.29) is 0 Å². The number of benzene rings is 2. The number of hydrogen-bond acceptors (Lipinski definition) is 3. The Balaban J connectivity index is 1.93. The maximum Gasteiger partial charge on any atom is 0.0986 e. The van der Waals surface area contributed by atoms with Gasteiger partial charge >= 0.3 is 0 Å². The lowest BCUT2D eigenvalue weighted by molar-refractivity contribution is 0.748. The van der Waals surface area contributed by atoms with E-state index >= 15 is 0 Å². The molecule has 0 spiro atoms. The molecule has 0 radical (unpaired) electrons. The molecule has 2 heterocycles. The SMILES string of the molecule is CNCCCNc1c2ccccc2nc2c1[nH]c1ccccc12. The van der Waals surface area contributed by atoms with Crippen molar-refractivity contribution in [2.45, 2.75) is 6.42 Å². The summed E-state index contributed by atoms with van der Waals surface area (Å²) in [6, 6.07) is 16.7. The summed E-state index contributed by atoms with van der Waals surface area (Å²) in [6.07, 6.45) is 1.08. The zero-order chi connectivity index (χ0) is 15.6. The fraction of sp³-hybridized carbons (Fsp3) is 0.211. The van der Waals surface area contributed by atoms with Gasteiger partial charge in [-0.3, -0.25) is 0 Å². The molecular formula is C19H20N4. The van der Waals surface area contributed by atoms with Crippen molar-refractivity contribution < 1.29 is 0 Å².